The minimum atomic E-state index is 0.410. The van der Waals surface area contributed by atoms with Crippen molar-refractivity contribution in [3.63, 3.8) is 0 Å². The highest BCUT2D eigenvalue weighted by Crippen LogP contribution is 2.34. The Morgan fingerprint density at radius 2 is 1.63 bits per heavy atom. The normalized spacial score (nSPS) is 19.3. The number of piperidine rings is 1. The molecule has 1 saturated heterocycles. The number of para-hydroxylation sites is 2. The molecule has 1 atom stereocenters. The topological polar surface area (TPSA) is 47.0 Å². The number of nitrogens with zero attached hydrogens (tertiary/aromatic N) is 3. The van der Waals surface area contributed by atoms with E-state index < -0.39 is 0 Å². The molecular weight excluding hydrogens is 434 g/mol. The molecule has 1 unspecified atom stereocenters. The molecule has 5 nitrogen and oxygen atoms in total. The van der Waals surface area contributed by atoms with Crippen LogP contribution in [0.1, 0.15) is 56.1 Å². The van der Waals surface area contributed by atoms with E-state index in [2.05, 4.69) is 46.3 Å². The van der Waals surface area contributed by atoms with Gasteiger partial charge in [0.25, 0.3) is 0 Å². The molecule has 3 heterocycles. The van der Waals surface area contributed by atoms with E-state index in [1.54, 1.807) is 6.20 Å². The number of aliphatic imine (C=N–C) groups is 1. The SMILES string of the molecule is c1ccc(CC2CCCCN2C2=NCCCCCCOc3ccccc3Oc3ncccc32)cc1. The summed E-state index contributed by atoms with van der Waals surface area (Å²) in [7, 11) is 0. The third-order valence-corrected chi connectivity index (χ3v) is 6.85. The maximum atomic E-state index is 6.42. The van der Waals surface area contributed by atoms with Gasteiger partial charge in [0.05, 0.1) is 12.2 Å². The van der Waals surface area contributed by atoms with Gasteiger partial charge in [-0.25, -0.2) is 4.98 Å². The van der Waals surface area contributed by atoms with Crippen LogP contribution in [0.25, 0.3) is 0 Å². The number of pyridine rings is 1. The number of ether oxygens (including phenoxy) is 2. The third-order valence-electron chi connectivity index (χ3n) is 6.85. The molecule has 1 fully saturated rings. The van der Waals surface area contributed by atoms with Gasteiger partial charge in [0.2, 0.25) is 5.88 Å². The van der Waals surface area contributed by atoms with Crippen molar-refractivity contribution >= 4 is 5.84 Å². The van der Waals surface area contributed by atoms with Crippen molar-refractivity contribution in [3.05, 3.63) is 84.1 Å². The fourth-order valence-corrected chi connectivity index (χ4v) is 5.04. The minimum Gasteiger partial charge on any atom is -0.490 e. The van der Waals surface area contributed by atoms with Crippen molar-refractivity contribution in [3.8, 4) is 17.4 Å². The van der Waals surface area contributed by atoms with Crippen molar-refractivity contribution in [2.45, 2.75) is 57.4 Å². The van der Waals surface area contributed by atoms with Crippen LogP contribution >= 0.6 is 0 Å². The molecule has 0 amide bonds. The van der Waals surface area contributed by atoms with Gasteiger partial charge < -0.3 is 14.4 Å². The first kappa shape index (κ1) is 23.4. The molecule has 1 aromatic heterocycles. The Labute approximate surface area is 208 Å². The summed E-state index contributed by atoms with van der Waals surface area (Å²) in [5.74, 6) is 3.07. The lowest BCUT2D eigenvalue weighted by Gasteiger charge is -2.38. The Kier molecular flexibility index (Phi) is 7.94. The molecule has 2 aliphatic heterocycles. The Bertz CT molecular complexity index is 1120. The van der Waals surface area contributed by atoms with Crippen LogP contribution in [0.4, 0.5) is 0 Å². The predicted molar refractivity (Wildman–Crippen MR) is 141 cm³/mol. The van der Waals surface area contributed by atoms with Crippen LogP contribution < -0.4 is 9.47 Å². The van der Waals surface area contributed by atoms with Gasteiger partial charge in [-0.2, -0.15) is 0 Å². The number of fused-ring (bicyclic) bond motifs is 2. The molecule has 5 heteroatoms. The van der Waals surface area contributed by atoms with Gasteiger partial charge in [-0.15, -0.1) is 0 Å². The Balaban J connectivity index is 1.51. The largest absolute Gasteiger partial charge is 0.490 e. The Morgan fingerprint density at radius 1 is 0.800 bits per heavy atom. The zero-order valence-corrected chi connectivity index (χ0v) is 20.4. The average molecular weight is 470 g/mol. The molecule has 182 valence electrons. The van der Waals surface area contributed by atoms with Crippen LogP contribution in [0, 0.1) is 0 Å². The van der Waals surface area contributed by atoms with Crippen LogP contribution in [-0.4, -0.2) is 41.5 Å². The summed E-state index contributed by atoms with van der Waals surface area (Å²) >= 11 is 0. The van der Waals surface area contributed by atoms with Gasteiger partial charge in [0.1, 0.15) is 5.84 Å². The van der Waals surface area contributed by atoms with E-state index in [-0.39, 0.29) is 0 Å². The molecule has 5 rings (SSSR count). The van der Waals surface area contributed by atoms with Gasteiger partial charge in [0, 0.05) is 25.3 Å². The number of aromatic nitrogens is 1. The second-order valence-corrected chi connectivity index (χ2v) is 9.41. The Hall–Kier alpha value is -3.34. The molecule has 0 N–H and O–H groups in total. The molecule has 0 aliphatic carbocycles. The van der Waals surface area contributed by atoms with E-state index in [9.17, 15) is 0 Å². The van der Waals surface area contributed by atoms with Crippen molar-refractivity contribution in [1.82, 2.24) is 9.88 Å². The summed E-state index contributed by atoms with van der Waals surface area (Å²) in [5.41, 5.74) is 2.33. The van der Waals surface area contributed by atoms with Gasteiger partial charge >= 0.3 is 0 Å². The quantitative estimate of drug-likeness (QED) is 0.420. The van der Waals surface area contributed by atoms with E-state index >= 15 is 0 Å². The average Bonchev–Trinajstić information content (AvgIpc) is 2.90. The third kappa shape index (κ3) is 6.02. The molecule has 2 aliphatic rings. The molecule has 2 aromatic carbocycles. The lowest BCUT2D eigenvalue weighted by atomic mass is 9.94. The molecular formula is C30H35N3O2. The van der Waals surface area contributed by atoms with Crippen molar-refractivity contribution in [2.24, 2.45) is 4.99 Å². The first-order valence-electron chi connectivity index (χ1n) is 13.1. The summed E-state index contributed by atoms with van der Waals surface area (Å²) in [6, 6.07) is 23.2. The van der Waals surface area contributed by atoms with E-state index in [1.807, 2.05) is 30.3 Å². The molecule has 35 heavy (non-hydrogen) atoms. The summed E-state index contributed by atoms with van der Waals surface area (Å²) in [4.78, 5) is 12.4. The summed E-state index contributed by atoms with van der Waals surface area (Å²) in [5, 5.41) is 0. The monoisotopic (exact) mass is 469 g/mol. The number of benzene rings is 2. The summed E-state index contributed by atoms with van der Waals surface area (Å²) in [6.45, 7) is 2.51. The highest BCUT2D eigenvalue weighted by Gasteiger charge is 2.28. The zero-order valence-electron chi connectivity index (χ0n) is 20.4. The van der Waals surface area contributed by atoms with Crippen LogP contribution in [0.3, 0.4) is 0 Å². The number of hydrogen-bond acceptors (Lipinski definition) is 5. The van der Waals surface area contributed by atoms with Crippen molar-refractivity contribution in [2.75, 3.05) is 19.7 Å². The van der Waals surface area contributed by atoms with Crippen molar-refractivity contribution in [1.29, 1.82) is 0 Å². The number of hydrogen-bond donors (Lipinski definition) is 0. The second kappa shape index (κ2) is 11.9. The maximum absolute atomic E-state index is 6.42. The molecule has 0 bridgehead atoms. The number of rotatable bonds is 2. The van der Waals surface area contributed by atoms with E-state index in [1.165, 1.54) is 24.8 Å². The lowest BCUT2D eigenvalue weighted by molar-refractivity contribution is 0.239. The molecule has 3 aromatic rings. The second-order valence-electron chi connectivity index (χ2n) is 9.41. The van der Waals surface area contributed by atoms with Crippen LogP contribution in [0.15, 0.2) is 77.9 Å². The van der Waals surface area contributed by atoms with Crippen LogP contribution in [-0.2, 0) is 6.42 Å². The fraction of sp³-hybridized carbons (Fsp3) is 0.400. The van der Waals surface area contributed by atoms with Gasteiger partial charge in [-0.3, -0.25) is 4.99 Å². The number of likely N-dealkylation sites (tertiary alicyclic amines) is 1. The summed E-state index contributed by atoms with van der Waals surface area (Å²) in [6.07, 6.45) is 10.8. The van der Waals surface area contributed by atoms with E-state index in [0.29, 0.717) is 24.3 Å². The van der Waals surface area contributed by atoms with Gasteiger partial charge in [-0.05, 0) is 74.8 Å². The smallest absolute Gasteiger partial charge is 0.230 e. The van der Waals surface area contributed by atoms with Crippen LogP contribution in [0.2, 0.25) is 0 Å². The predicted octanol–water partition coefficient (Wildman–Crippen LogP) is 6.67. The highest BCUT2D eigenvalue weighted by molar-refractivity contribution is 6.01. The van der Waals surface area contributed by atoms with Crippen molar-refractivity contribution < 1.29 is 9.47 Å². The first-order chi connectivity index (χ1) is 17.4. The lowest BCUT2D eigenvalue weighted by Crippen LogP contribution is -2.45. The fourth-order valence-electron chi connectivity index (χ4n) is 5.04. The highest BCUT2D eigenvalue weighted by atomic mass is 16.5. The first-order valence-corrected chi connectivity index (χ1v) is 13.1. The van der Waals surface area contributed by atoms with Crippen LogP contribution in [0.5, 0.6) is 17.4 Å². The summed E-state index contributed by atoms with van der Waals surface area (Å²) < 4.78 is 12.5. The minimum absolute atomic E-state index is 0.410. The van der Waals surface area contributed by atoms with Gasteiger partial charge in [-0.1, -0.05) is 48.9 Å². The van der Waals surface area contributed by atoms with E-state index in [0.717, 1.165) is 62.3 Å². The molecule has 0 saturated carbocycles. The molecule has 0 spiro atoms. The molecule has 0 radical (unpaired) electrons. The zero-order chi connectivity index (χ0) is 23.7. The Morgan fingerprint density at radius 3 is 2.54 bits per heavy atom. The standard InChI is InChI=1S/C30H35N3O2/c1-2-11-22-34-27-17-6-7-18-28(27)35-30-26(16-12-20-32-30)29(31-19-9-1)33-21-10-8-15-25(33)23-24-13-4-3-5-14-24/h3-7,12-14,16-18,20,25H,1-2,8-11,15,19,21-23H2. The maximum Gasteiger partial charge on any atom is 0.230 e. The number of amidine groups is 1. The van der Waals surface area contributed by atoms with Gasteiger partial charge in [0.15, 0.2) is 11.5 Å². The van der Waals surface area contributed by atoms with E-state index in [4.69, 9.17) is 14.5 Å².